The van der Waals surface area contributed by atoms with E-state index < -0.39 is 10.0 Å². The summed E-state index contributed by atoms with van der Waals surface area (Å²) < 4.78 is 31.2. The van der Waals surface area contributed by atoms with E-state index in [0.29, 0.717) is 24.6 Å². The zero-order chi connectivity index (χ0) is 21.6. The van der Waals surface area contributed by atoms with E-state index in [-0.39, 0.29) is 10.8 Å². The van der Waals surface area contributed by atoms with Gasteiger partial charge in [-0.25, -0.2) is 8.42 Å². The molecule has 0 aromatic heterocycles. The van der Waals surface area contributed by atoms with Gasteiger partial charge in [-0.1, -0.05) is 16.6 Å². The molecule has 2 aromatic rings. The number of nitrogens with zero attached hydrogens (tertiary/aromatic N) is 1. The Kier molecular flexibility index (Phi) is 7.47. The highest BCUT2D eigenvalue weighted by Crippen LogP contribution is 2.25. The van der Waals surface area contributed by atoms with Crippen LogP contribution in [0, 0.1) is 0 Å². The van der Waals surface area contributed by atoms with E-state index in [1.54, 1.807) is 12.1 Å². The van der Waals surface area contributed by atoms with E-state index in [9.17, 15) is 13.2 Å². The van der Waals surface area contributed by atoms with Crippen LogP contribution < -0.4 is 10.1 Å². The predicted octanol–water partition coefficient (Wildman–Crippen LogP) is 3.76. The summed E-state index contributed by atoms with van der Waals surface area (Å²) in [6, 6.07) is 13.9. The number of anilines is 1. The van der Waals surface area contributed by atoms with Gasteiger partial charge in [-0.2, -0.15) is 0 Å². The summed E-state index contributed by atoms with van der Waals surface area (Å²) in [6.45, 7) is 0. The number of aryl methyl sites for hydroxylation is 1. The summed E-state index contributed by atoms with van der Waals surface area (Å²) in [5, 5.41) is 2.80. The van der Waals surface area contributed by atoms with Gasteiger partial charge in [0, 0.05) is 19.2 Å². The maximum absolute atomic E-state index is 12.3. The Morgan fingerprint density at radius 2 is 1.83 bits per heavy atom. The van der Waals surface area contributed by atoms with Crippen molar-refractivity contribution in [1.82, 2.24) is 4.47 Å². The standard InChI is InChI=1S/C22H28N2O5S/c1-24(28-2)30(26,27)21-13-11-18(12-14-21)23-22(25)15-10-17-6-5-9-20(16-17)29-19-7-3-4-8-19/h5-6,9,11-14,16,19H,3-4,7-8,10,15H2,1-2H3,(H,23,25). The quantitative estimate of drug-likeness (QED) is 0.610. The van der Waals surface area contributed by atoms with Crippen LogP contribution in [0.25, 0.3) is 0 Å². The highest BCUT2D eigenvalue weighted by atomic mass is 32.2. The third-order valence-corrected chi connectivity index (χ3v) is 6.87. The molecule has 1 N–H and O–H groups in total. The summed E-state index contributed by atoms with van der Waals surface area (Å²) in [5.41, 5.74) is 1.59. The molecule has 1 fully saturated rings. The van der Waals surface area contributed by atoms with E-state index in [1.165, 1.54) is 39.1 Å². The molecule has 1 saturated carbocycles. The first-order valence-electron chi connectivity index (χ1n) is 10.1. The van der Waals surface area contributed by atoms with Crippen LogP contribution in [-0.2, 0) is 26.1 Å². The van der Waals surface area contributed by atoms with Gasteiger partial charge in [0.1, 0.15) is 5.75 Å². The maximum Gasteiger partial charge on any atom is 0.264 e. The summed E-state index contributed by atoms with van der Waals surface area (Å²) in [7, 11) is -1.11. The number of benzene rings is 2. The van der Waals surface area contributed by atoms with Gasteiger partial charge in [0.25, 0.3) is 10.0 Å². The average Bonchev–Trinajstić information content (AvgIpc) is 3.25. The molecular weight excluding hydrogens is 404 g/mol. The molecule has 162 valence electrons. The Bertz CT molecular complexity index is 954. The van der Waals surface area contributed by atoms with E-state index in [4.69, 9.17) is 9.57 Å². The van der Waals surface area contributed by atoms with Crippen molar-refractivity contribution >= 4 is 21.6 Å². The second-order valence-electron chi connectivity index (χ2n) is 7.34. The smallest absolute Gasteiger partial charge is 0.264 e. The molecule has 1 aliphatic rings. The number of ether oxygens (including phenoxy) is 1. The van der Waals surface area contributed by atoms with Crippen molar-refractivity contribution in [3.05, 3.63) is 54.1 Å². The van der Waals surface area contributed by atoms with Crippen molar-refractivity contribution in [2.75, 3.05) is 19.5 Å². The van der Waals surface area contributed by atoms with E-state index in [1.807, 2.05) is 24.3 Å². The number of carbonyl (C=O) groups excluding carboxylic acids is 1. The Labute approximate surface area is 178 Å². The van der Waals surface area contributed by atoms with Gasteiger partial charge >= 0.3 is 0 Å². The first-order valence-corrected chi connectivity index (χ1v) is 11.5. The lowest BCUT2D eigenvalue weighted by molar-refractivity contribution is -0.116. The Balaban J connectivity index is 1.52. The first kappa shape index (κ1) is 22.3. The number of carbonyl (C=O) groups is 1. The Morgan fingerprint density at radius 3 is 2.50 bits per heavy atom. The SMILES string of the molecule is CON(C)S(=O)(=O)c1ccc(NC(=O)CCc2cccc(OC3CCCC3)c2)cc1. The van der Waals surface area contributed by atoms with Crippen molar-refractivity contribution in [3.8, 4) is 5.75 Å². The fourth-order valence-electron chi connectivity index (χ4n) is 3.41. The van der Waals surface area contributed by atoms with Gasteiger partial charge in [0.2, 0.25) is 5.91 Å². The molecule has 0 heterocycles. The summed E-state index contributed by atoms with van der Waals surface area (Å²) in [6.07, 6.45) is 5.88. The van der Waals surface area contributed by atoms with Crippen molar-refractivity contribution in [1.29, 1.82) is 0 Å². The third kappa shape index (κ3) is 5.81. The van der Waals surface area contributed by atoms with Gasteiger partial charge in [-0.15, -0.1) is 0 Å². The Morgan fingerprint density at radius 1 is 1.13 bits per heavy atom. The van der Waals surface area contributed by atoms with Crippen LogP contribution in [-0.4, -0.2) is 39.1 Å². The number of hydrogen-bond acceptors (Lipinski definition) is 5. The molecule has 0 aliphatic heterocycles. The van der Waals surface area contributed by atoms with Gasteiger partial charge in [0.15, 0.2) is 0 Å². The second kappa shape index (κ2) is 10.1. The van der Waals surface area contributed by atoms with Crippen LogP contribution in [0.15, 0.2) is 53.4 Å². The van der Waals surface area contributed by atoms with E-state index in [2.05, 4.69) is 5.32 Å². The molecule has 0 saturated heterocycles. The topological polar surface area (TPSA) is 84.9 Å². The summed E-state index contributed by atoms with van der Waals surface area (Å²) in [4.78, 5) is 17.1. The van der Waals surface area contributed by atoms with E-state index >= 15 is 0 Å². The number of sulfonamides is 1. The zero-order valence-corrected chi connectivity index (χ0v) is 18.2. The van der Waals surface area contributed by atoms with Crippen LogP contribution in [0.1, 0.15) is 37.7 Å². The highest BCUT2D eigenvalue weighted by Gasteiger charge is 2.20. The van der Waals surface area contributed by atoms with Crippen LogP contribution in [0.5, 0.6) is 5.75 Å². The number of hydrogen-bond donors (Lipinski definition) is 1. The molecule has 1 aliphatic carbocycles. The molecular formula is C22H28N2O5S. The van der Waals surface area contributed by atoms with E-state index in [0.717, 1.165) is 28.6 Å². The largest absolute Gasteiger partial charge is 0.490 e. The number of nitrogens with one attached hydrogen (secondary N) is 1. The monoisotopic (exact) mass is 432 g/mol. The Hall–Kier alpha value is -2.42. The predicted molar refractivity (Wildman–Crippen MR) is 115 cm³/mol. The average molecular weight is 433 g/mol. The summed E-state index contributed by atoms with van der Waals surface area (Å²) in [5.74, 6) is 0.722. The fourth-order valence-corrected chi connectivity index (χ4v) is 4.38. The molecule has 3 rings (SSSR count). The van der Waals surface area contributed by atoms with Crippen LogP contribution in [0.2, 0.25) is 0 Å². The van der Waals surface area contributed by atoms with Crippen molar-refractivity contribution in [3.63, 3.8) is 0 Å². The normalized spacial score (nSPS) is 14.8. The summed E-state index contributed by atoms with van der Waals surface area (Å²) >= 11 is 0. The number of hydroxylamine groups is 1. The zero-order valence-electron chi connectivity index (χ0n) is 17.3. The molecule has 2 aromatic carbocycles. The maximum atomic E-state index is 12.3. The molecule has 0 unspecified atom stereocenters. The van der Waals surface area contributed by atoms with Gasteiger partial charge in [-0.05, 0) is 74.1 Å². The highest BCUT2D eigenvalue weighted by molar-refractivity contribution is 7.89. The molecule has 8 heteroatoms. The van der Waals surface area contributed by atoms with Crippen molar-refractivity contribution < 1.29 is 22.8 Å². The molecule has 30 heavy (non-hydrogen) atoms. The van der Waals surface area contributed by atoms with Gasteiger partial charge < -0.3 is 10.1 Å². The molecule has 0 atom stereocenters. The minimum Gasteiger partial charge on any atom is -0.490 e. The molecule has 7 nitrogen and oxygen atoms in total. The molecule has 0 bridgehead atoms. The molecule has 0 spiro atoms. The second-order valence-corrected chi connectivity index (χ2v) is 9.28. The fraction of sp³-hybridized carbons (Fsp3) is 0.409. The van der Waals surface area contributed by atoms with Crippen LogP contribution in [0.3, 0.4) is 0 Å². The number of rotatable bonds is 9. The lowest BCUT2D eigenvalue weighted by Gasteiger charge is -2.14. The molecule has 0 radical (unpaired) electrons. The third-order valence-electron chi connectivity index (χ3n) is 5.18. The van der Waals surface area contributed by atoms with Crippen molar-refractivity contribution in [2.45, 2.75) is 49.5 Å². The molecule has 1 amide bonds. The lowest BCUT2D eigenvalue weighted by atomic mass is 10.1. The minimum atomic E-state index is -3.71. The minimum absolute atomic E-state index is 0.0870. The van der Waals surface area contributed by atoms with Crippen molar-refractivity contribution in [2.24, 2.45) is 0 Å². The van der Waals surface area contributed by atoms with Crippen LogP contribution >= 0.6 is 0 Å². The van der Waals surface area contributed by atoms with Crippen LogP contribution in [0.4, 0.5) is 5.69 Å². The van der Waals surface area contributed by atoms with Gasteiger partial charge in [-0.3, -0.25) is 9.63 Å². The first-order chi connectivity index (χ1) is 14.4. The van der Waals surface area contributed by atoms with Gasteiger partial charge in [0.05, 0.1) is 18.1 Å². The lowest BCUT2D eigenvalue weighted by Crippen LogP contribution is -2.25. The number of amides is 1.